The van der Waals surface area contributed by atoms with Crippen LogP contribution in [0.25, 0.3) is 0 Å². The number of carbonyl (C=O) groups excluding carboxylic acids is 1. The van der Waals surface area contributed by atoms with Gasteiger partial charge in [0.2, 0.25) is 12.8 Å². The molecule has 1 amide bonds. The molecule has 0 radical (unpaired) electrons. The normalized spacial score (nSPS) is 14.1. The number of nitrogens with one attached hydrogen (secondary N) is 1. The fraction of sp³-hybridized carbons (Fsp3) is 0.611. The fourth-order valence-corrected chi connectivity index (χ4v) is 2.27. The largest absolute Gasteiger partial charge is 0.493 e. The van der Waals surface area contributed by atoms with Gasteiger partial charge in [-0.2, -0.15) is 0 Å². The third-order valence-electron chi connectivity index (χ3n) is 3.88. The summed E-state index contributed by atoms with van der Waals surface area (Å²) in [4.78, 5) is 12.8. The second-order valence-corrected chi connectivity index (χ2v) is 5.72. The molecular formula is C18H29FN2O4. The molecule has 0 bridgehead atoms. The van der Waals surface area contributed by atoms with Crippen LogP contribution in [0, 0.1) is 0 Å². The van der Waals surface area contributed by atoms with Crippen molar-refractivity contribution in [2.45, 2.75) is 31.7 Å². The molecule has 0 unspecified atom stereocenters. The van der Waals surface area contributed by atoms with Crippen molar-refractivity contribution in [3.05, 3.63) is 23.8 Å². The lowest BCUT2D eigenvalue weighted by atomic mass is 10.1. The predicted octanol–water partition coefficient (Wildman–Crippen LogP) is 2.01. The van der Waals surface area contributed by atoms with Gasteiger partial charge in [-0.25, -0.2) is 4.39 Å². The zero-order valence-electron chi connectivity index (χ0n) is 15.5. The molecule has 1 aromatic rings. The Bertz CT molecular complexity index is 512. The molecule has 0 aliphatic heterocycles. The van der Waals surface area contributed by atoms with E-state index in [0.29, 0.717) is 6.04 Å². The van der Waals surface area contributed by atoms with E-state index < -0.39 is 6.36 Å². The molecule has 1 aliphatic carbocycles. The van der Waals surface area contributed by atoms with E-state index in [0.717, 1.165) is 49.3 Å². The number of hydrogen-bond acceptors (Lipinski definition) is 5. The van der Waals surface area contributed by atoms with Crippen LogP contribution in [0.3, 0.4) is 0 Å². The Labute approximate surface area is 149 Å². The smallest absolute Gasteiger partial charge is 0.211 e. The Kier molecular flexibility index (Phi) is 9.87. The van der Waals surface area contributed by atoms with E-state index in [1.54, 1.807) is 21.3 Å². The van der Waals surface area contributed by atoms with Crippen LogP contribution in [0.15, 0.2) is 18.2 Å². The summed E-state index contributed by atoms with van der Waals surface area (Å²) in [6, 6.07) is 6.35. The van der Waals surface area contributed by atoms with Crippen LogP contribution >= 0.6 is 0 Å². The van der Waals surface area contributed by atoms with Crippen LogP contribution in [-0.4, -0.2) is 65.2 Å². The van der Waals surface area contributed by atoms with Crippen molar-refractivity contribution in [2.24, 2.45) is 0 Å². The molecule has 1 aromatic carbocycles. The topological polar surface area (TPSA) is 60.0 Å². The van der Waals surface area contributed by atoms with Crippen LogP contribution in [0.2, 0.25) is 0 Å². The van der Waals surface area contributed by atoms with Gasteiger partial charge in [-0.05, 0) is 44.0 Å². The number of amides is 1. The van der Waals surface area contributed by atoms with E-state index in [-0.39, 0.29) is 6.54 Å². The first-order chi connectivity index (χ1) is 12.1. The van der Waals surface area contributed by atoms with Gasteiger partial charge in [-0.1, -0.05) is 6.07 Å². The molecule has 1 fully saturated rings. The lowest BCUT2D eigenvalue weighted by molar-refractivity contribution is -0.118. The van der Waals surface area contributed by atoms with Gasteiger partial charge in [0, 0.05) is 19.7 Å². The van der Waals surface area contributed by atoms with E-state index in [4.69, 9.17) is 9.47 Å². The zero-order valence-corrected chi connectivity index (χ0v) is 15.5. The van der Waals surface area contributed by atoms with E-state index in [1.807, 2.05) is 23.1 Å². The minimum atomic E-state index is -1.16. The molecule has 6 nitrogen and oxygen atoms in total. The molecule has 0 spiro atoms. The lowest BCUT2D eigenvalue weighted by Crippen LogP contribution is -2.26. The maximum Gasteiger partial charge on any atom is 0.211 e. The predicted molar refractivity (Wildman–Crippen MR) is 94.9 cm³/mol. The molecule has 25 heavy (non-hydrogen) atoms. The van der Waals surface area contributed by atoms with Crippen LogP contribution < -0.4 is 14.8 Å². The third-order valence-corrected chi connectivity index (χ3v) is 3.88. The molecule has 7 heteroatoms. The van der Waals surface area contributed by atoms with Gasteiger partial charge in [0.15, 0.2) is 11.5 Å². The molecule has 0 aromatic heterocycles. The highest BCUT2D eigenvalue weighted by molar-refractivity contribution is 5.49. The first-order valence-corrected chi connectivity index (χ1v) is 8.33. The Morgan fingerprint density at radius 3 is 2.40 bits per heavy atom. The van der Waals surface area contributed by atoms with Gasteiger partial charge < -0.3 is 24.4 Å². The van der Waals surface area contributed by atoms with Gasteiger partial charge >= 0.3 is 0 Å². The minimum Gasteiger partial charge on any atom is -0.493 e. The third kappa shape index (κ3) is 7.70. The Balaban J connectivity index is 0.000000381. The number of ether oxygens (including phenoxy) is 3. The molecular weight excluding hydrogens is 327 g/mol. The zero-order chi connectivity index (χ0) is 18.7. The molecule has 0 heterocycles. The Morgan fingerprint density at radius 2 is 1.96 bits per heavy atom. The quantitative estimate of drug-likeness (QED) is 0.650. The minimum absolute atomic E-state index is 0.260. The molecule has 1 atom stereocenters. The number of methoxy groups -OCH3 is 3. The average Bonchev–Trinajstić information content (AvgIpc) is 3.48. The van der Waals surface area contributed by atoms with E-state index in [9.17, 15) is 9.18 Å². The van der Waals surface area contributed by atoms with Gasteiger partial charge in [-0.3, -0.25) is 4.79 Å². The molecule has 1 saturated carbocycles. The van der Waals surface area contributed by atoms with Gasteiger partial charge in [-0.15, -0.1) is 0 Å². The Morgan fingerprint density at radius 1 is 1.28 bits per heavy atom. The summed E-state index contributed by atoms with van der Waals surface area (Å²) in [6.45, 7) is 1.03. The van der Waals surface area contributed by atoms with Gasteiger partial charge in [0.1, 0.15) is 0 Å². The number of carbonyl (C=O) groups is 1. The van der Waals surface area contributed by atoms with E-state index >= 15 is 0 Å². The second-order valence-electron chi connectivity index (χ2n) is 5.72. The highest BCUT2D eigenvalue weighted by Gasteiger charge is 2.27. The molecule has 1 N–H and O–H groups in total. The van der Waals surface area contributed by atoms with Gasteiger partial charge in [0.05, 0.1) is 20.8 Å². The highest BCUT2D eigenvalue weighted by Crippen LogP contribution is 2.29. The average molecular weight is 356 g/mol. The standard InChI is InChI=1S/C14H19NO3.C4H10FNO/c1-17-13-6-3-11(9-14(13)18-2)7-8-15(10-16)12-4-5-12;1-6-3-4(5)7-2/h3,6,9-10,12H,4-5,7-8H2,1-2H3;4,6H,3H2,1-2H3/t;4-/m.1/s1. The summed E-state index contributed by atoms with van der Waals surface area (Å²) in [5.74, 6) is 1.47. The highest BCUT2D eigenvalue weighted by atomic mass is 19.1. The molecule has 2 rings (SSSR count). The molecule has 0 saturated heterocycles. The van der Waals surface area contributed by atoms with Crippen molar-refractivity contribution in [3.63, 3.8) is 0 Å². The maximum atomic E-state index is 11.8. The van der Waals surface area contributed by atoms with Crippen molar-refractivity contribution in [2.75, 3.05) is 41.5 Å². The number of alkyl halides is 1. The number of hydrogen-bond donors (Lipinski definition) is 1. The van der Waals surface area contributed by atoms with Crippen LogP contribution in [0.5, 0.6) is 11.5 Å². The lowest BCUT2D eigenvalue weighted by Gasteiger charge is -2.16. The van der Waals surface area contributed by atoms with Gasteiger partial charge in [0.25, 0.3) is 0 Å². The van der Waals surface area contributed by atoms with Crippen LogP contribution in [-0.2, 0) is 16.0 Å². The Hall–Kier alpha value is -1.86. The van der Waals surface area contributed by atoms with Crippen molar-refractivity contribution in [1.82, 2.24) is 10.2 Å². The summed E-state index contributed by atoms with van der Waals surface area (Å²) < 4.78 is 26.6. The number of nitrogens with zero attached hydrogens (tertiary/aromatic N) is 1. The molecule has 1 aliphatic rings. The van der Waals surface area contributed by atoms with Crippen molar-refractivity contribution in [3.8, 4) is 11.5 Å². The van der Waals surface area contributed by atoms with Crippen LogP contribution in [0.4, 0.5) is 4.39 Å². The fourth-order valence-electron chi connectivity index (χ4n) is 2.27. The summed E-state index contributed by atoms with van der Waals surface area (Å²) >= 11 is 0. The van der Waals surface area contributed by atoms with E-state index in [1.165, 1.54) is 7.11 Å². The maximum absolute atomic E-state index is 11.8. The second kappa shape index (κ2) is 11.7. The summed E-state index contributed by atoms with van der Waals surface area (Å²) in [5.41, 5.74) is 1.15. The SMILES string of the molecule is CNC[C@H](F)OC.COc1ccc(CCN(C=O)C2CC2)cc1OC. The van der Waals surface area contributed by atoms with E-state index in [2.05, 4.69) is 10.1 Å². The first kappa shape index (κ1) is 21.2. The number of halogens is 1. The summed E-state index contributed by atoms with van der Waals surface area (Å²) in [6.07, 6.45) is 2.92. The number of benzene rings is 1. The molecule has 142 valence electrons. The number of rotatable bonds is 10. The summed E-state index contributed by atoms with van der Waals surface area (Å²) in [5, 5.41) is 2.62. The first-order valence-electron chi connectivity index (χ1n) is 8.33. The van der Waals surface area contributed by atoms with Crippen molar-refractivity contribution in [1.29, 1.82) is 0 Å². The van der Waals surface area contributed by atoms with Crippen LogP contribution in [0.1, 0.15) is 18.4 Å². The number of likely N-dealkylation sites (N-methyl/N-ethyl adjacent to an activating group) is 1. The van der Waals surface area contributed by atoms with Crippen molar-refractivity contribution >= 4 is 6.41 Å². The summed E-state index contributed by atoms with van der Waals surface area (Å²) in [7, 11) is 6.26. The van der Waals surface area contributed by atoms with Crippen molar-refractivity contribution < 1.29 is 23.4 Å². The monoisotopic (exact) mass is 356 g/mol.